The van der Waals surface area contributed by atoms with E-state index in [4.69, 9.17) is 5.73 Å². The fourth-order valence-corrected chi connectivity index (χ4v) is 3.15. The normalized spacial score (nSPS) is 17.5. The predicted molar refractivity (Wildman–Crippen MR) is 70.0 cm³/mol. The van der Waals surface area contributed by atoms with Crippen molar-refractivity contribution in [2.24, 2.45) is 5.73 Å². The van der Waals surface area contributed by atoms with Gasteiger partial charge in [0.25, 0.3) is 0 Å². The molecule has 5 heteroatoms. The first kappa shape index (κ1) is 12.5. The van der Waals surface area contributed by atoms with E-state index in [1.807, 2.05) is 11.3 Å². The van der Waals surface area contributed by atoms with Gasteiger partial charge in [-0.3, -0.25) is 9.69 Å². The van der Waals surface area contributed by atoms with Gasteiger partial charge in [-0.2, -0.15) is 0 Å². The van der Waals surface area contributed by atoms with Gasteiger partial charge < -0.3 is 11.1 Å². The molecule has 1 atom stereocenters. The van der Waals surface area contributed by atoms with Gasteiger partial charge in [-0.15, -0.1) is 11.3 Å². The Labute approximate surface area is 106 Å². The van der Waals surface area contributed by atoms with Crippen molar-refractivity contribution in [3.8, 4) is 0 Å². The topological polar surface area (TPSA) is 58.4 Å². The Bertz CT molecular complexity index is 391. The number of carbonyl (C=O) groups excluding carboxylic acids is 1. The summed E-state index contributed by atoms with van der Waals surface area (Å²) in [5.41, 5.74) is 7.18. The first-order valence-corrected chi connectivity index (χ1v) is 6.82. The zero-order valence-electron chi connectivity index (χ0n) is 10.1. The monoisotopic (exact) mass is 253 g/mol. The third-order valence-electron chi connectivity index (χ3n) is 3.33. The lowest BCUT2D eigenvalue weighted by Crippen LogP contribution is -2.45. The largest absolute Gasteiger partial charge is 0.359 e. The van der Waals surface area contributed by atoms with Gasteiger partial charge >= 0.3 is 0 Å². The standard InChI is InChI=1S/C12H19N3OS/c1-14-12(16)6-10(7-13)15-4-2-11-9(8-15)3-5-17-11/h3,5,10H,2,4,6-8,13H2,1H3,(H,14,16). The minimum absolute atomic E-state index is 0.0663. The number of nitrogens with one attached hydrogen (secondary N) is 1. The highest BCUT2D eigenvalue weighted by Crippen LogP contribution is 2.25. The molecule has 0 saturated carbocycles. The van der Waals surface area contributed by atoms with Crippen LogP contribution in [0.1, 0.15) is 16.9 Å². The third kappa shape index (κ3) is 2.86. The van der Waals surface area contributed by atoms with E-state index in [1.54, 1.807) is 7.05 Å². The summed E-state index contributed by atoms with van der Waals surface area (Å²) >= 11 is 1.83. The van der Waals surface area contributed by atoms with Gasteiger partial charge in [-0.05, 0) is 23.4 Å². The van der Waals surface area contributed by atoms with E-state index >= 15 is 0 Å². The van der Waals surface area contributed by atoms with Crippen LogP contribution in [-0.4, -0.2) is 37.0 Å². The first-order chi connectivity index (χ1) is 8.24. The smallest absolute Gasteiger partial charge is 0.221 e. The van der Waals surface area contributed by atoms with E-state index in [2.05, 4.69) is 21.7 Å². The molecule has 0 spiro atoms. The number of hydrogen-bond acceptors (Lipinski definition) is 4. The zero-order chi connectivity index (χ0) is 12.3. The number of nitrogens with zero attached hydrogens (tertiary/aromatic N) is 1. The minimum atomic E-state index is 0.0663. The van der Waals surface area contributed by atoms with Crippen molar-refractivity contribution in [2.75, 3.05) is 20.1 Å². The first-order valence-electron chi connectivity index (χ1n) is 5.94. The second-order valence-corrected chi connectivity index (χ2v) is 5.36. The maximum atomic E-state index is 11.4. The minimum Gasteiger partial charge on any atom is -0.359 e. The second-order valence-electron chi connectivity index (χ2n) is 4.36. The molecule has 2 heterocycles. The van der Waals surface area contributed by atoms with Gasteiger partial charge in [0, 0.05) is 44.0 Å². The molecule has 0 aliphatic carbocycles. The Kier molecular flexibility index (Phi) is 4.15. The van der Waals surface area contributed by atoms with Crippen LogP contribution in [0.2, 0.25) is 0 Å². The number of hydrogen-bond donors (Lipinski definition) is 2. The van der Waals surface area contributed by atoms with Crippen molar-refractivity contribution in [3.63, 3.8) is 0 Å². The molecule has 1 amide bonds. The molecule has 0 fully saturated rings. The summed E-state index contributed by atoms with van der Waals surface area (Å²) in [6.07, 6.45) is 1.57. The fraction of sp³-hybridized carbons (Fsp3) is 0.583. The summed E-state index contributed by atoms with van der Waals surface area (Å²) in [7, 11) is 1.67. The quantitative estimate of drug-likeness (QED) is 0.825. The highest BCUT2D eigenvalue weighted by Gasteiger charge is 2.24. The van der Waals surface area contributed by atoms with Gasteiger partial charge in [-0.1, -0.05) is 0 Å². The summed E-state index contributed by atoms with van der Waals surface area (Å²) in [6.45, 7) is 2.47. The summed E-state index contributed by atoms with van der Waals surface area (Å²) in [4.78, 5) is 15.2. The maximum Gasteiger partial charge on any atom is 0.221 e. The summed E-state index contributed by atoms with van der Waals surface area (Å²) < 4.78 is 0. The molecular formula is C12H19N3OS. The molecule has 1 unspecified atom stereocenters. The fourth-order valence-electron chi connectivity index (χ4n) is 2.26. The highest BCUT2D eigenvalue weighted by molar-refractivity contribution is 7.10. The van der Waals surface area contributed by atoms with Gasteiger partial charge in [0.05, 0.1) is 0 Å². The molecule has 1 aromatic heterocycles. The number of carbonyl (C=O) groups is 1. The van der Waals surface area contributed by atoms with Gasteiger partial charge in [-0.25, -0.2) is 0 Å². The van der Waals surface area contributed by atoms with Crippen molar-refractivity contribution in [1.29, 1.82) is 0 Å². The summed E-state index contributed by atoms with van der Waals surface area (Å²) in [5, 5.41) is 4.81. The molecule has 1 aromatic rings. The Morgan fingerprint density at radius 2 is 2.53 bits per heavy atom. The Balaban J connectivity index is 2.00. The van der Waals surface area contributed by atoms with E-state index in [0.717, 1.165) is 19.5 Å². The van der Waals surface area contributed by atoms with Crippen LogP contribution in [0.25, 0.3) is 0 Å². The van der Waals surface area contributed by atoms with Crippen molar-refractivity contribution in [2.45, 2.75) is 25.4 Å². The average Bonchev–Trinajstić information content (AvgIpc) is 2.82. The predicted octanol–water partition coefficient (Wildman–Crippen LogP) is 0.570. The maximum absolute atomic E-state index is 11.4. The van der Waals surface area contributed by atoms with Gasteiger partial charge in [0.1, 0.15) is 0 Å². The van der Waals surface area contributed by atoms with Crippen LogP contribution < -0.4 is 11.1 Å². The molecule has 0 bridgehead atoms. The van der Waals surface area contributed by atoms with Crippen LogP contribution in [0.3, 0.4) is 0 Å². The van der Waals surface area contributed by atoms with Crippen LogP contribution in [0.5, 0.6) is 0 Å². The average molecular weight is 253 g/mol. The highest BCUT2D eigenvalue weighted by atomic mass is 32.1. The van der Waals surface area contributed by atoms with Crippen LogP contribution in [0, 0.1) is 0 Å². The van der Waals surface area contributed by atoms with E-state index in [1.165, 1.54) is 10.4 Å². The lowest BCUT2D eigenvalue weighted by molar-refractivity contribution is -0.121. The molecule has 94 valence electrons. The molecule has 0 radical (unpaired) electrons. The van der Waals surface area contributed by atoms with E-state index in [9.17, 15) is 4.79 Å². The molecule has 1 aliphatic rings. The van der Waals surface area contributed by atoms with E-state index in [-0.39, 0.29) is 11.9 Å². The zero-order valence-corrected chi connectivity index (χ0v) is 10.9. The lowest BCUT2D eigenvalue weighted by Gasteiger charge is -2.33. The van der Waals surface area contributed by atoms with Crippen molar-refractivity contribution < 1.29 is 4.79 Å². The lowest BCUT2D eigenvalue weighted by atomic mass is 10.1. The second kappa shape index (κ2) is 5.62. The van der Waals surface area contributed by atoms with Gasteiger partial charge in [0.2, 0.25) is 5.91 Å². The van der Waals surface area contributed by atoms with Crippen molar-refractivity contribution >= 4 is 17.2 Å². The van der Waals surface area contributed by atoms with Gasteiger partial charge in [0.15, 0.2) is 0 Å². The number of thiophene rings is 1. The molecule has 4 nitrogen and oxygen atoms in total. The third-order valence-corrected chi connectivity index (χ3v) is 4.35. The molecule has 0 aromatic carbocycles. The number of amides is 1. The van der Waals surface area contributed by atoms with E-state index in [0.29, 0.717) is 13.0 Å². The van der Waals surface area contributed by atoms with Crippen molar-refractivity contribution in [1.82, 2.24) is 10.2 Å². The summed E-state index contributed by atoms with van der Waals surface area (Å²) in [5.74, 6) is 0.0663. The molecule has 1 aliphatic heterocycles. The molecule has 2 rings (SSSR count). The number of rotatable bonds is 4. The summed E-state index contributed by atoms with van der Waals surface area (Å²) in [6, 6.07) is 2.34. The molecule has 0 saturated heterocycles. The molecule has 17 heavy (non-hydrogen) atoms. The SMILES string of the molecule is CNC(=O)CC(CN)N1CCc2sccc2C1. The Morgan fingerprint density at radius 1 is 1.71 bits per heavy atom. The Hall–Kier alpha value is -0.910. The number of nitrogens with two attached hydrogens (primary N) is 1. The van der Waals surface area contributed by atoms with Crippen LogP contribution in [0.15, 0.2) is 11.4 Å². The van der Waals surface area contributed by atoms with Crippen LogP contribution in [-0.2, 0) is 17.8 Å². The van der Waals surface area contributed by atoms with Crippen LogP contribution in [0.4, 0.5) is 0 Å². The van der Waals surface area contributed by atoms with E-state index < -0.39 is 0 Å². The van der Waals surface area contributed by atoms with Crippen molar-refractivity contribution in [3.05, 3.63) is 21.9 Å². The Morgan fingerprint density at radius 3 is 3.24 bits per heavy atom. The van der Waals surface area contributed by atoms with Crippen LogP contribution >= 0.6 is 11.3 Å². The molecule has 3 N–H and O–H groups in total. The number of fused-ring (bicyclic) bond motifs is 1. The molecular weight excluding hydrogens is 234 g/mol.